The van der Waals surface area contributed by atoms with Crippen molar-refractivity contribution in [1.29, 1.82) is 0 Å². The largest absolute Gasteiger partial charge is 0.392 e. The molecular weight excluding hydrogens is 323 g/mol. The fraction of sp³-hybridized carbons (Fsp3) is 0.923. The van der Waals surface area contributed by atoms with Crippen LogP contribution < -0.4 is 5.32 Å². The summed E-state index contributed by atoms with van der Waals surface area (Å²) in [5.74, 6) is -2.76. The quantitative estimate of drug-likeness (QED) is 0.572. The minimum absolute atomic E-state index is 0.0885. The number of amides is 1. The number of hydrogen-bond acceptors (Lipinski definition) is 1. The lowest BCUT2D eigenvalue weighted by molar-refractivity contribution is -0.198. The predicted molar refractivity (Wildman–Crippen MR) is 72.2 cm³/mol. The highest BCUT2D eigenvalue weighted by molar-refractivity contribution is 9.09. The highest BCUT2D eigenvalue weighted by Crippen LogP contribution is 2.41. The van der Waals surface area contributed by atoms with Crippen molar-refractivity contribution < 1.29 is 18.0 Å². The summed E-state index contributed by atoms with van der Waals surface area (Å²) in [6.45, 7) is 0.479. The lowest BCUT2D eigenvalue weighted by Crippen LogP contribution is -2.42. The first-order valence-corrected chi connectivity index (χ1v) is 7.99. The monoisotopic (exact) mass is 343 g/mol. The van der Waals surface area contributed by atoms with E-state index in [-0.39, 0.29) is 6.42 Å². The lowest BCUT2D eigenvalue weighted by atomic mass is 9.78. The topological polar surface area (TPSA) is 29.1 Å². The van der Waals surface area contributed by atoms with E-state index in [2.05, 4.69) is 21.2 Å². The number of nitrogens with one attached hydrogen (secondary N) is 1. The Morgan fingerprint density at radius 1 is 1.16 bits per heavy atom. The Labute approximate surface area is 120 Å². The molecule has 0 bridgehead atoms. The number of halogens is 4. The van der Waals surface area contributed by atoms with E-state index in [0.29, 0.717) is 25.8 Å². The number of alkyl halides is 4. The van der Waals surface area contributed by atoms with E-state index in [1.165, 1.54) is 0 Å². The van der Waals surface area contributed by atoms with Crippen molar-refractivity contribution in [3.05, 3.63) is 0 Å². The summed E-state index contributed by atoms with van der Waals surface area (Å²) in [5, 5.41) is 3.58. The molecule has 0 radical (unpaired) electrons. The van der Waals surface area contributed by atoms with Crippen LogP contribution in [0.2, 0.25) is 0 Å². The summed E-state index contributed by atoms with van der Waals surface area (Å²) in [6.07, 6.45) is 0.290. The van der Waals surface area contributed by atoms with Gasteiger partial charge in [-0.05, 0) is 25.7 Å². The molecular formula is C13H21BrF3NO. The number of hydrogen-bond donors (Lipinski definition) is 1. The molecule has 2 nitrogen and oxygen atoms in total. The molecule has 0 aromatic rings. The Balaban J connectivity index is 2.40. The molecule has 1 saturated carbocycles. The van der Waals surface area contributed by atoms with Gasteiger partial charge in [-0.15, -0.1) is 0 Å². The highest BCUT2D eigenvalue weighted by Gasteiger charge is 2.47. The molecule has 0 aliphatic heterocycles. The summed E-state index contributed by atoms with van der Waals surface area (Å²) >= 11 is 3.31. The number of rotatable bonds is 6. The van der Waals surface area contributed by atoms with Crippen molar-refractivity contribution in [2.75, 3.05) is 11.9 Å². The summed E-state index contributed by atoms with van der Waals surface area (Å²) in [7, 11) is 0. The first-order valence-electron chi connectivity index (χ1n) is 6.87. The van der Waals surface area contributed by atoms with Gasteiger partial charge in [0, 0.05) is 17.8 Å². The molecule has 1 fully saturated rings. The Bertz CT molecular complexity index is 284. The van der Waals surface area contributed by atoms with Gasteiger partial charge in [0.25, 0.3) is 0 Å². The Hall–Kier alpha value is -0.260. The third-order valence-electron chi connectivity index (χ3n) is 3.63. The van der Waals surface area contributed by atoms with Crippen molar-refractivity contribution in [2.45, 2.75) is 51.1 Å². The van der Waals surface area contributed by atoms with Crippen molar-refractivity contribution >= 4 is 21.8 Å². The Morgan fingerprint density at radius 2 is 1.84 bits per heavy atom. The summed E-state index contributed by atoms with van der Waals surface area (Å²) < 4.78 is 38.6. The fourth-order valence-electron chi connectivity index (χ4n) is 2.58. The second-order valence-corrected chi connectivity index (χ2v) is 5.87. The van der Waals surface area contributed by atoms with Crippen LogP contribution in [0.5, 0.6) is 0 Å². The van der Waals surface area contributed by atoms with Crippen LogP contribution in [0.15, 0.2) is 0 Å². The molecule has 1 N–H and O–H groups in total. The van der Waals surface area contributed by atoms with Crippen LogP contribution in [-0.4, -0.2) is 24.0 Å². The third-order valence-corrected chi connectivity index (χ3v) is 4.19. The van der Waals surface area contributed by atoms with Gasteiger partial charge in [0.15, 0.2) is 0 Å². The van der Waals surface area contributed by atoms with E-state index in [9.17, 15) is 18.0 Å². The van der Waals surface area contributed by atoms with Crippen LogP contribution in [0.1, 0.15) is 44.9 Å². The molecule has 0 aromatic heterocycles. The molecule has 0 heterocycles. The average molecular weight is 344 g/mol. The molecule has 2 unspecified atom stereocenters. The maximum absolute atomic E-state index is 12.9. The normalized spacial score (nSPS) is 24.2. The summed E-state index contributed by atoms with van der Waals surface area (Å²) in [6, 6.07) is 0. The molecule has 0 spiro atoms. The first kappa shape index (κ1) is 16.8. The minimum Gasteiger partial charge on any atom is -0.356 e. The average Bonchev–Trinajstić information content (AvgIpc) is 2.37. The van der Waals surface area contributed by atoms with Crippen LogP contribution in [0.25, 0.3) is 0 Å². The van der Waals surface area contributed by atoms with Gasteiger partial charge in [-0.2, -0.15) is 13.2 Å². The highest BCUT2D eigenvalue weighted by atomic mass is 79.9. The second kappa shape index (κ2) is 8.12. The molecule has 19 heavy (non-hydrogen) atoms. The van der Waals surface area contributed by atoms with Crippen molar-refractivity contribution in [1.82, 2.24) is 5.32 Å². The smallest absolute Gasteiger partial charge is 0.356 e. The van der Waals surface area contributed by atoms with Gasteiger partial charge in [-0.25, -0.2) is 0 Å². The molecule has 1 amide bonds. The van der Waals surface area contributed by atoms with Crippen LogP contribution in [0.3, 0.4) is 0 Å². The molecule has 1 aliphatic carbocycles. The minimum atomic E-state index is -4.25. The molecule has 2 atom stereocenters. The zero-order valence-electron chi connectivity index (χ0n) is 10.9. The third kappa shape index (κ3) is 5.71. The van der Waals surface area contributed by atoms with E-state index in [0.717, 1.165) is 24.6 Å². The number of carbonyl (C=O) groups excluding carboxylic acids is 1. The van der Waals surface area contributed by atoms with Gasteiger partial charge in [0.1, 0.15) is 0 Å². The van der Waals surface area contributed by atoms with E-state index in [1.807, 2.05) is 0 Å². The zero-order chi connectivity index (χ0) is 14.3. The first-order chi connectivity index (χ1) is 8.96. The van der Waals surface area contributed by atoms with Gasteiger partial charge in [0.05, 0.1) is 5.92 Å². The van der Waals surface area contributed by atoms with E-state index >= 15 is 0 Å². The maximum atomic E-state index is 12.9. The van der Waals surface area contributed by atoms with Crippen LogP contribution in [0, 0.1) is 11.8 Å². The molecule has 0 saturated heterocycles. The zero-order valence-corrected chi connectivity index (χ0v) is 12.5. The van der Waals surface area contributed by atoms with Crippen molar-refractivity contribution in [2.24, 2.45) is 11.8 Å². The predicted octanol–water partition coefficient (Wildman–Crippen LogP) is 4.04. The SMILES string of the molecule is O=C(NCCCCCBr)C1CCCCC1C(F)(F)F. The molecule has 1 rings (SSSR count). The Morgan fingerprint density at radius 3 is 2.47 bits per heavy atom. The second-order valence-electron chi connectivity index (χ2n) is 5.08. The van der Waals surface area contributed by atoms with Gasteiger partial charge in [0.2, 0.25) is 5.91 Å². The fourth-order valence-corrected chi connectivity index (χ4v) is 2.97. The van der Waals surface area contributed by atoms with Gasteiger partial charge < -0.3 is 5.32 Å². The maximum Gasteiger partial charge on any atom is 0.392 e. The number of carbonyl (C=O) groups is 1. The van der Waals surface area contributed by atoms with Crippen LogP contribution in [-0.2, 0) is 4.79 Å². The molecule has 1 aliphatic rings. The standard InChI is InChI=1S/C13H21BrF3NO/c14-8-4-1-5-9-18-12(19)10-6-2-3-7-11(10)13(15,16)17/h10-11H,1-9H2,(H,18,19). The van der Waals surface area contributed by atoms with E-state index in [1.54, 1.807) is 0 Å². The van der Waals surface area contributed by atoms with E-state index in [4.69, 9.17) is 0 Å². The summed E-state index contributed by atoms with van der Waals surface area (Å²) in [5.41, 5.74) is 0. The summed E-state index contributed by atoms with van der Waals surface area (Å²) in [4.78, 5) is 11.9. The van der Waals surface area contributed by atoms with Gasteiger partial charge in [-0.1, -0.05) is 35.2 Å². The van der Waals surface area contributed by atoms with Crippen LogP contribution >= 0.6 is 15.9 Å². The van der Waals surface area contributed by atoms with Gasteiger partial charge >= 0.3 is 6.18 Å². The van der Waals surface area contributed by atoms with Crippen molar-refractivity contribution in [3.8, 4) is 0 Å². The van der Waals surface area contributed by atoms with Crippen LogP contribution in [0.4, 0.5) is 13.2 Å². The number of unbranched alkanes of at least 4 members (excludes halogenated alkanes) is 2. The molecule has 112 valence electrons. The van der Waals surface area contributed by atoms with E-state index < -0.39 is 23.9 Å². The van der Waals surface area contributed by atoms with Gasteiger partial charge in [-0.3, -0.25) is 4.79 Å². The van der Waals surface area contributed by atoms with Crippen molar-refractivity contribution in [3.63, 3.8) is 0 Å². The molecule has 6 heteroatoms. The lowest BCUT2D eigenvalue weighted by Gasteiger charge is -2.32. The molecule has 0 aromatic carbocycles. The Kier molecular flexibility index (Phi) is 7.18.